The number of halogens is 1. The third-order valence-corrected chi connectivity index (χ3v) is 5.21. The highest BCUT2D eigenvalue weighted by Crippen LogP contribution is 2.40. The molecular weight excluding hydrogens is 350 g/mol. The lowest BCUT2D eigenvalue weighted by atomic mass is 10.3. The number of hydrogen-bond donors (Lipinski definition) is 1. The van der Waals surface area contributed by atoms with Gasteiger partial charge in [0.1, 0.15) is 5.69 Å². The second-order valence-electron chi connectivity index (χ2n) is 5.90. The first-order chi connectivity index (χ1) is 11.4. The minimum Gasteiger partial charge on any atom is -0.364 e. The molecule has 3 heterocycles. The number of carbonyl (C=O) groups excluding carboxylic acids is 1. The van der Waals surface area contributed by atoms with Gasteiger partial charge in [0.05, 0.1) is 12.2 Å². The molecule has 3 aromatic rings. The molecule has 0 radical (unpaired) electrons. The Bertz CT molecular complexity index is 1030. The summed E-state index contributed by atoms with van der Waals surface area (Å²) in [5.74, 6) is -0.148. The van der Waals surface area contributed by atoms with Crippen molar-refractivity contribution < 1.29 is 4.79 Å². The number of primary amides is 1. The van der Waals surface area contributed by atoms with Crippen LogP contribution in [0.25, 0.3) is 4.96 Å². The van der Waals surface area contributed by atoms with Gasteiger partial charge in [-0.25, -0.2) is 9.38 Å². The maximum absolute atomic E-state index is 12.4. The molecule has 4 rings (SSSR count). The Kier molecular flexibility index (Phi) is 3.47. The molecule has 124 valence electrons. The van der Waals surface area contributed by atoms with Gasteiger partial charge in [-0.15, -0.1) is 11.3 Å². The van der Waals surface area contributed by atoms with Crippen molar-refractivity contribution in [2.24, 2.45) is 5.73 Å². The largest absolute Gasteiger partial charge is 0.364 e. The normalized spacial score (nSPS) is 14.4. The number of nitrogens with two attached hydrogens (primary N) is 1. The number of hydrogen-bond acceptors (Lipinski definition) is 5. The van der Waals surface area contributed by atoms with E-state index in [0.717, 1.165) is 18.5 Å². The van der Waals surface area contributed by atoms with E-state index in [1.165, 1.54) is 21.8 Å². The summed E-state index contributed by atoms with van der Waals surface area (Å²) in [5.41, 5.74) is 6.90. The summed E-state index contributed by atoms with van der Waals surface area (Å²) >= 11 is 7.29. The standard InChI is InChI=1S/C15H14ClN5O2S/c1-7-13(14(17)23)21-12(22)4-9(18-15(21)24-7)6-20-10(8-2-3-8)5-11(16)19-20/h4-5,8H,2-3,6H2,1H3,(H2,17,23). The summed E-state index contributed by atoms with van der Waals surface area (Å²) in [5, 5.41) is 4.73. The minimum absolute atomic E-state index is 0.194. The Morgan fingerprint density at radius 1 is 1.46 bits per heavy atom. The second-order valence-corrected chi connectivity index (χ2v) is 7.47. The van der Waals surface area contributed by atoms with Crippen LogP contribution >= 0.6 is 22.9 Å². The monoisotopic (exact) mass is 363 g/mol. The summed E-state index contributed by atoms with van der Waals surface area (Å²) in [4.78, 5) is 29.6. The average molecular weight is 364 g/mol. The molecule has 1 fully saturated rings. The van der Waals surface area contributed by atoms with Crippen molar-refractivity contribution in [3.8, 4) is 0 Å². The van der Waals surface area contributed by atoms with Crippen LogP contribution in [0.3, 0.4) is 0 Å². The van der Waals surface area contributed by atoms with Crippen LogP contribution in [0.15, 0.2) is 16.9 Å². The predicted octanol–water partition coefficient (Wildman–Crippen LogP) is 1.94. The van der Waals surface area contributed by atoms with E-state index in [-0.39, 0.29) is 11.3 Å². The molecule has 0 aliphatic heterocycles. The number of rotatable bonds is 4. The van der Waals surface area contributed by atoms with Gasteiger partial charge in [-0.3, -0.25) is 14.3 Å². The highest BCUT2D eigenvalue weighted by molar-refractivity contribution is 7.17. The molecule has 1 saturated carbocycles. The number of aryl methyl sites for hydroxylation is 1. The highest BCUT2D eigenvalue weighted by Gasteiger charge is 2.28. The van der Waals surface area contributed by atoms with Crippen LogP contribution in [-0.4, -0.2) is 25.1 Å². The zero-order chi connectivity index (χ0) is 17.0. The SMILES string of the molecule is Cc1sc2nc(Cn3nc(Cl)cc3C3CC3)cc(=O)n2c1C(N)=O. The molecule has 0 unspecified atom stereocenters. The third kappa shape index (κ3) is 2.51. The maximum Gasteiger partial charge on any atom is 0.266 e. The molecule has 9 heteroatoms. The van der Waals surface area contributed by atoms with Crippen molar-refractivity contribution in [2.45, 2.75) is 32.2 Å². The van der Waals surface area contributed by atoms with Crippen LogP contribution < -0.4 is 11.3 Å². The van der Waals surface area contributed by atoms with Crippen LogP contribution in [0.1, 0.15) is 45.5 Å². The lowest BCUT2D eigenvalue weighted by molar-refractivity contribution is 0.0994. The van der Waals surface area contributed by atoms with Crippen molar-refractivity contribution in [3.05, 3.63) is 49.6 Å². The zero-order valence-corrected chi connectivity index (χ0v) is 14.4. The number of nitrogens with zero attached hydrogens (tertiary/aromatic N) is 4. The molecule has 0 atom stereocenters. The molecule has 0 aromatic carbocycles. The Hall–Kier alpha value is -2.19. The first-order valence-corrected chi connectivity index (χ1v) is 8.68. The van der Waals surface area contributed by atoms with E-state index in [9.17, 15) is 9.59 Å². The Morgan fingerprint density at radius 3 is 2.88 bits per heavy atom. The molecule has 3 aromatic heterocycles. The smallest absolute Gasteiger partial charge is 0.266 e. The molecule has 0 saturated heterocycles. The van der Waals surface area contributed by atoms with Gasteiger partial charge in [0, 0.05) is 22.6 Å². The van der Waals surface area contributed by atoms with Crippen molar-refractivity contribution >= 4 is 33.8 Å². The Labute approximate surface area is 145 Å². The summed E-state index contributed by atoms with van der Waals surface area (Å²) < 4.78 is 3.07. The molecular formula is C15H14ClN5O2S. The quantitative estimate of drug-likeness (QED) is 0.766. The molecule has 7 nitrogen and oxygen atoms in total. The highest BCUT2D eigenvalue weighted by atomic mass is 35.5. The first kappa shape index (κ1) is 15.3. The maximum atomic E-state index is 12.4. The molecule has 1 amide bonds. The van der Waals surface area contributed by atoms with Gasteiger partial charge < -0.3 is 5.73 Å². The fraction of sp³-hybridized carbons (Fsp3) is 0.333. The predicted molar refractivity (Wildman–Crippen MR) is 90.9 cm³/mol. The molecule has 24 heavy (non-hydrogen) atoms. The minimum atomic E-state index is -0.634. The molecule has 2 N–H and O–H groups in total. The van der Waals surface area contributed by atoms with Crippen LogP contribution in [-0.2, 0) is 6.54 Å². The zero-order valence-electron chi connectivity index (χ0n) is 12.8. The lowest BCUT2D eigenvalue weighted by Gasteiger charge is -2.06. The summed E-state index contributed by atoms with van der Waals surface area (Å²) in [6.07, 6.45) is 2.26. The topological polar surface area (TPSA) is 95.3 Å². The molecule has 0 spiro atoms. The van der Waals surface area contributed by atoms with Crippen LogP contribution in [0.5, 0.6) is 0 Å². The van der Waals surface area contributed by atoms with Gasteiger partial charge in [0.2, 0.25) is 0 Å². The van der Waals surface area contributed by atoms with Crippen molar-refractivity contribution in [1.82, 2.24) is 19.2 Å². The van der Waals surface area contributed by atoms with Gasteiger partial charge in [-0.05, 0) is 25.8 Å². The van der Waals surface area contributed by atoms with E-state index in [4.69, 9.17) is 17.3 Å². The number of aromatic nitrogens is 4. The first-order valence-electron chi connectivity index (χ1n) is 7.49. The fourth-order valence-electron chi connectivity index (χ4n) is 2.87. The number of thiazole rings is 1. The molecule has 1 aliphatic rings. The molecule has 0 bridgehead atoms. The average Bonchev–Trinajstić information content (AvgIpc) is 3.18. The third-order valence-electron chi connectivity index (χ3n) is 4.06. The van der Waals surface area contributed by atoms with E-state index in [0.29, 0.717) is 33.1 Å². The van der Waals surface area contributed by atoms with E-state index in [1.807, 2.05) is 6.07 Å². The second kappa shape index (κ2) is 5.42. The van der Waals surface area contributed by atoms with Crippen molar-refractivity contribution in [1.29, 1.82) is 0 Å². The lowest BCUT2D eigenvalue weighted by Crippen LogP contribution is -2.23. The van der Waals surface area contributed by atoms with Gasteiger partial charge >= 0.3 is 0 Å². The fourth-order valence-corrected chi connectivity index (χ4v) is 4.08. The van der Waals surface area contributed by atoms with E-state index >= 15 is 0 Å². The number of fused-ring (bicyclic) bond motifs is 1. The Balaban J connectivity index is 1.79. The van der Waals surface area contributed by atoms with E-state index < -0.39 is 5.91 Å². The van der Waals surface area contributed by atoms with Gasteiger partial charge in [-0.1, -0.05) is 11.6 Å². The van der Waals surface area contributed by atoms with Crippen LogP contribution in [0.2, 0.25) is 5.15 Å². The summed E-state index contributed by atoms with van der Waals surface area (Å²) in [6, 6.07) is 3.28. The van der Waals surface area contributed by atoms with E-state index in [1.54, 1.807) is 11.6 Å². The van der Waals surface area contributed by atoms with Crippen LogP contribution in [0, 0.1) is 6.92 Å². The summed E-state index contributed by atoms with van der Waals surface area (Å²) in [7, 11) is 0. The Morgan fingerprint density at radius 2 is 2.21 bits per heavy atom. The molecule has 1 aliphatic carbocycles. The van der Waals surface area contributed by atoms with Gasteiger partial charge in [0.25, 0.3) is 11.5 Å². The van der Waals surface area contributed by atoms with Gasteiger partial charge in [-0.2, -0.15) is 5.10 Å². The number of carbonyl (C=O) groups is 1. The summed E-state index contributed by atoms with van der Waals surface area (Å²) in [6.45, 7) is 2.12. The van der Waals surface area contributed by atoms with Crippen molar-refractivity contribution in [2.75, 3.05) is 0 Å². The van der Waals surface area contributed by atoms with Crippen LogP contribution in [0.4, 0.5) is 0 Å². The van der Waals surface area contributed by atoms with Gasteiger partial charge in [0.15, 0.2) is 10.1 Å². The van der Waals surface area contributed by atoms with E-state index in [2.05, 4.69) is 10.1 Å². The van der Waals surface area contributed by atoms with Crippen molar-refractivity contribution in [3.63, 3.8) is 0 Å². The number of amides is 1.